The van der Waals surface area contributed by atoms with Crippen molar-refractivity contribution < 1.29 is 19.0 Å². The molecule has 142 valence electrons. The molecule has 0 aliphatic carbocycles. The summed E-state index contributed by atoms with van der Waals surface area (Å²) in [5, 5.41) is 11.4. The summed E-state index contributed by atoms with van der Waals surface area (Å²) in [4.78, 5) is 15.3. The number of aliphatic hydroxyl groups excluding tert-OH is 1. The molecule has 0 bridgehead atoms. The smallest absolute Gasteiger partial charge is 0.267 e. The number of H-pyrrole nitrogens is 1. The van der Waals surface area contributed by atoms with Crippen LogP contribution in [-0.2, 0) is 4.74 Å². The SMILES string of the molecule is C=C(/C(C(=S)c1c[nH]c(C(=O)NCCO)c1)=C(/C)OC)c1ccc(F)cc1. The van der Waals surface area contributed by atoms with Crippen molar-refractivity contribution >= 4 is 28.6 Å². The van der Waals surface area contributed by atoms with Gasteiger partial charge in [-0.3, -0.25) is 4.79 Å². The van der Waals surface area contributed by atoms with Crippen molar-refractivity contribution in [3.05, 3.63) is 77.1 Å². The fourth-order valence-electron chi connectivity index (χ4n) is 2.47. The number of nitrogens with one attached hydrogen (secondary N) is 2. The normalized spacial score (nSPS) is 11.6. The predicted molar refractivity (Wildman–Crippen MR) is 107 cm³/mol. The molecule has 2 aromatic rings. The Morgan fingerprint density at radius 3 is 2.59 bits per heavy atom. The lowest BCUT2D eigenvalue weighted by Crippen LogP contribution is -2.26. The van der Waals surface area contributed by atoms with Crippen LogP contribution < -0.4 is 5.32 Å². The molecule has 7 heteroatoms. The molecule has 0 unspecified atom stereocenters. The maximum atomic E-state index is 13.2. The van der Waals surface area contributed by atoms with Crippen LogP contribution in [0.2, 0.25) is 0 Å². The van der Waals surface area contributed by atoms with Gasteiger partial charge in [-0.2, -0.15) is 0 Å². The van der Waals surface area contributed by atoms with E-state index in [1.807, 2.05) is 0 Å². The van der Waals surface area contributed by atoms with Crippen LogP contribution >= 0.6 is 12.2 Å². The Morgan fingerprint density at radius 2 is 2.00 bits per heavy atom. The van der Waals surface area contributed by atoms with Gasteiger partial charge < -0.3 is 20.1 Å². The fraction of sp³-hybridized carbons (Fsp3) is 0.200. The standard InChI is InChI=1S/C20H21FN2O3S/c1-12(14-4-6-16(21)7-5-14)18(13(2)26-3)19(27)15-10-17(23-11-15)20(25)22-8-9-24/h4-7,10-11,23-24H,1,8-9H2,2-3H3,(H,22,25)/b18-13+. The molecule has 2 rings (SSSR count). The molecule has 0 saturated heterocycles. The summed E-state index contributed by atoms with van der Waals surface area (Å²) in [5.41, 5.74) is 2.84. The molecule has 27 heavy (non-hydrogen) atoms. The molecule has 0 atom stereocenters. The molecular weight excluding hydrogens is 367 g/mol. The molecule has 5 nitrogen and oxygen atoms in total. The Morgan fingerprint density at radius 1 is 1.33 bits per heavy atom. The minimum atomic E-state index is -0.343. The summed E-state index contributed by atoms with van der Waals surface area (Å²) in [7, 11) is 1.53. The lowest BCUT2D eigenvalue weighted by Gasteiger charge is -2.15. The van der Waals surface area contributed by atoms with E-state index >= 15 is 0 Å². The number of rotatable bonds is 8. The lowest BCUT2D eigenvalue weighted by molar-refractivity contribution is 0.0940. The number of hydrogen-bond donors (Lipinski definition) is 3. The molecule has 0 aliphatic heterocycles. The molecular formula is C20H21FN2O3S. The second-order valence-electron chi connectivity index (χ2n) is 5.73. The largest absolute Gasteiger partial charge is 0.501 e. The maximum Gasteiger partial charge on any atom is 0.267 e. The number of halogens is 1. The third-order valence-electron chi connectivity index (χ3n) is 3.97. The molecule has 0 fully saturated rings. The van der Waals surface area contributed by atoms with Gasteiger partial charge in [-0.15, -0.1) is 0 Å². The number of aromatic nitrogens is 1. The second-order valence-corrected chi connectivity index (χ2v) is 6.14. The Bertz CT molecular complexity index is 885. The van der Waals surface area contributed by atoms with Crippen LogP contribution in [-0.4, -0.2) is 41.1 Å². The van der Waals surface area contributed by atoms with Crippen molar-refractivity contribution in [1.82, 2.24) is 10.3 Å². The molecule has 1 amide bonds. The molecule has 1 aromatic carbocycles. The van der Waals surface area contributed by atoms with E-state index in [-0.39, 0.29) is 24.9 Å². The monoisotopic (exact) mass is 388 g/mol. The van der Waals surface area contributed by atoms with Gasteiger partial charge in [0.15, 0.2) is 0 Å². The van der Waals surface area contributed by atoms with Crippen LogP contribution in [0.4, 0.5) is 4.39 Å². The zero-order chi connectivity index (χ0) is 20.0. The van der Waals surface area contributed by atoms with Crippen molar-refractivity contribution in [2.75, 3.05) is 20.3 Å². The van der Waals surface area contributed by atoms with Crippen molar-refractivity contribution in [3.63, 3.8) is 0 Å². The van der Waals surface area contributed by atoms with E-state index < -0.39 is 0 Å². The number of carbonyl (C=O) groups is 1. The minimum Gasteiger partial charge on any atom is -0.501 e. The molecule has 0 radical (unpaired) electrons. The van der Waals surface area contributed by atoms with Crippen LogP contribution in [0.3, 0.4) is 0 Å². The van der Waals surface area contributed by atoms with E-state index in [4.69, 9.17) is 22.1 Å². The van der Waals surface area contributed by atoms with E-state index in [1.165, 1.54) is 19.2 Å². The van der Waals surface area contributed by atoms with Gasteiger partial charge in [-0.05, 0) is 36.3 Å². The summed E-state index contributed by atoms with van der Waals surface area (Å²) in [6.45, 7) is 5.87. The number of methoxy groups -OCH3 is 1. The van der Waals surface area contributed by atoms with Crippen molar-refractivity contribution in [2.45, 2.75) is 6.92 Å². The highest BCUT2D eigenvalue weighted by Crippen LogP contribution is 2.28. The summed E-state index contributed by atoms with van der Waals surface area (Å²) in [5.74, 6) is -0.126. The van der Waals surface area contributed by atoms with Gasteiger partial charge >= 0.3 is 0 Å². The highest BCUT2D eigenvalue weighted by Gasteiger charge is 2.19. The van der Waals surface area contributed by atoms with Gasteiger partial charge in [0, 0.05) is 23.9 Å². The van der Waals surface area contributed by atoms with E-state index in [2.05, 4.69) is 16.9 Å². The summed E-state index contributed by atoms with van der Waals surface area (Å²) >= 11 is 5.61. The Kier molecular flexibility index (Phi) is 7.04. The second kappa shape index (κ2) is 9.25. The zero-order valence-electron chi connectivity index (χ0n) is 15.1. The van der Waals surface area contributed by atoms with E-state index in [1.54, 1.807) is 31.3 Å². The number of carbonyl (C=O) groups excluding carboxylic acids is 1. The Balaban J connectivity index is 2.34. The molecule has 0 saturated carbocycles. The van der Waals surface area contributed by atoms with Crippen LogP contribution in [0.1, 0.15) is 28.5 Å². The van der Waals surface area contributed by atoms with E-state index in [9.17, 15) is 9.18 Å². The number of aromatic amines is 1. The van der Waals surface area contributed by atoms with Crippen molar-refractivity contribution in [2.24, 2.45) is 0 Å². The number of hydrogen-bond acceptors (Lipinski definition) is 4. The van der Waals surface area contributed by atoms with E-state index in [0.717, 1.165) is 0 Å². The average Bonchev–Trinajstić information content (AvgIpc) is 3.16. The molecule has 0 aliphatic rings. The number of ether oxygens (including phenoxy) is 1. The first kappa shape index (κ1) is 20.5. The van der Waals surface area contributed by atoms with Gasteiger partial charge in [-0.25, -0.2) is 4.39 Å². The highest BCUT2D eigenvalue weighted by atomic mass is 32.1. The quantitative estimate of drug-likeness (QED) is 0.213. The van der Waals surface area contributed by atoms with Crippen LogP contribution in [0, 0.1) is 5.82 Å². The highest BCUT2D eigenvalue weighted by molar-refractivity contribution is 7.81. The van der Waals surface area contributed by atoms with Gasteiger partial charge in [0.2, 0.25) is 0 Å². The topological polar surface area (TPSA) is 74.4 Å². The summed E-state index contributed by atoms with van der Waals surface area (Å²) < 4.78 is 18.6. The first-order valence-electron chi connectivity index (χ1n) is 8.21. The predicted octanol–water partition coefficient (Wildman–Crippen LogP) is 3.23. The van der Waals surface area contributed by atoms with Crippen molar-refractivity contribution in [1.29, 1.82) is 0 Å². The fourth-order valence-corrected chi connectivity index (χ4v) is 2.86. The van der Waals surface area contributed by atoms with Gasteiger partial charge in [0.1, 0.15) is 17.3 Å². The number of benzene rings is 1. The number of amides is 1. The lowest BCUT2D eigenvalue weighted by atomic mass is 9.93. The first-order chi connectivity index (χ1) is 12.9. The molecule has 1 aromatic heterocycles. The summed E-state index contributed by atoms with van der Waals surface area (Å²) in [6, 6.07) is 7.56. The summed E-state index contributed by atoms with van der Waals surface area (Å²) in [6.07, 6.45) is 1.62. The van der Waals surface area contributed by atoms with Crippen molar-refractivity contribution in [3.8, 4) is 0 Å². The number of allylic oxidation sites excluding steroid dienone is 3. The molecule has 0 spiro atoms. The Labute approximate surface area is 162 Å². The van der Waals surface area contributed by atoms with Crippen LogP contribution in [0.15, 0.2) is 54.4 Å². The maximum absolute atomic E-state index is 13.2. The molecule has 1 heterocycles. The average molecular weight is 388 g/mol. The third-order valence-corrected chi connectivity index (χ3v) is 4.41. The van der Waals surface area contributed by atoms with Gasteiger partial charge in [0.25, 0.3) is 5.91 Å². The zero-order valence-corrected chi connectivity index (χ0v) is 16.0. The number of thiocarbonyl (C=S) groups is 1. The van der Waals surface area contributed by atoms with Crippen LogP contribution in [0.25, 0.3) is 5.57 Å². The Hall–Kier alpha value is -2.77. The minimum absolute atomic E-state index is 0.144. The van der Waals surface area contributed by atoms with Crippen LogP contribution in [0.5, 0.6) is 0 Å². The van der Waals surface area contributed by atoms with Gasteiger partial charge in [-0.1, -0.05) is 30.9 Å². The molecule has 3 N–H and O–H groups in total. The first-order valence-corrected chi connectivity index (χ1v) is 8.62. The third kappa shape index (κ3) is 4.90. The van der Waals surface area contributed by atoms with Gasteiger partial charge in [0.05, 0.1) is 18.6 Å². The number of aliphatic hydroxyl groups is 1. The van der Waals surface area contributed by atoms with E-state index in [0.29, 0.717) is 38.6 Å².